The molecule has 3 heterocycles. The van der Waals surface area contributed by atoms with Gasteiger partial charge in [0, 0.05) is 24.8 Å². The molecular formula is C29H31FN6O4. The molecule has 10 nitrogen and oxygen atoms in total. The molecule has 1 aliphatic rings. The van der Waals surface area contributed by atoms with Crippen molar-refractivity contribution < 1.29 is 23.5 Å². The summed E-state index contributed by atoms with van der Waals surface area (Å²) in [5.41, 5.74) is 4.39. The number of carbonyl (C=O) groups is 2. The number of nitrogens with one attached hydrogen (secondary N) is 3. The van der Waals surface area contributed by atoms with E-state index in [2.05, 4.69) is 30.0 Å². The van der Waals surface area contributed by atoms with E-state index in [0.29, 0.717) is 35.6 Å². The first-order chi connectivity index (χ1) is 19.4. The normalized spacial score (nSPS) is 16.5. The van der Waals surface area contributed by atoms with Crippen molar-refractivity contribution >= 4 is 12.0 Å². The maximum absolute atomic E-state index is 15.2. The van der Waals surface area contributed by atoms with Gasteiger partial charge in [-0.15, -0.1) is 0 Å². The summed E-state index contributed by atoms with van der Waals surface area (Å²) in [7, 11) is 2.72. The molecule has 4 aromatic rings. The summed E-state index contributed by atoms with van der Waals surface area (Å²) in [6, 6.07) is 11.4. The Balaban J connectivity index is 1.33. The van der Waals surface area contributed by atoms with Gasteiger partial charge in [0.15, 0.2) is 0 Å². The van der Waals surface area contributed by atoms with E-state index in [-0.39, 0.29) is 17.8 Å². The molecule has 0 bridgehead atoms. The largest absolute Gasteiger partial charge is 0.453 e. The molecular weight excluding hydrogens is 515 g/mol. The van der Waals surface area contributed by atoms with E-state index in [9.17, 15) is 9.59 Å². The third-order valence-corrected chi connectivity index (χ3v) is 7.30. The lowest BCUT2D eigenvalue weighted by Crippen LogP contribution is -2.54. The zero-order chi connectivity index (χ0) is 28.2. The molecule has 0 radical (unpaired) electrons. The Morgan fingerprint density at radius 1 is 1.07 bits per heavy atom. The second kappa shape index (κ2) is 11.7. The lowest BCUT2D eigenvalue weighted by Gasteiger charge is -2.30. The molecule has 1 aliphatic heterocycles. The molecule has 40 heavy (non-hydrogen) atoms. The van der Waals surface area contributed by atoms with Crippen molar-refractivity contribution in [2.75, 3.05) is 20.8 Å². The van der Waals surface area contributed by atoms with Crippen molar-refractivity contribution in [2.24, 2.45) is 0 Å². The molecule has 3 N–H and O–H groups in total. The van der Waals surface area contributed by atoms with Crippen LogP contribution >= 0.6 is 0 Å². The molecule has 0 aliphatic carbocycles. The van der Waals surface area contributed by atoms with Crippen LogP contribution in [0, 0.1) is 5.82 Å². The number of hydrogen-bond acceptors (Lipinski definition) is 6. The smallest absolute Gasteiger partial charge is 0.407 e. The average Bonchev–Trinajstić information content (AvgIpc) is 3.77. The highest BCUT2D eigenvalue weighted by Crippen LogP contribution is 2.34. The average molecular weight is 547 g/mol. The third-order valence-electron chi connectivity index (χ3n) is 7.30. The van der Waals surface area contributed by atoms with Gasteiger partial charge in [-0.1, -0.05) is 36.4 Å². The topological polar surface area (TPSA) is 125 Å². The van der Waals surface area contributed by atoms with Crippen LogP contribution in [0.2, 0.25) is 0 Å². The second-order valence-electron chi connectivity index (χ2n) is 9.66. The summed E-state index contributed by atoms with van der Waals surface area (Å²) in [6.07, 6.45) is 5.20. The van der Waals surface area contributed by atoms with Crippen LogP contribution in [0.4, 0.5) is 9.18 Å². The van der Waals surface area contributed by atoms with Crippen LogP contribution in [0.25, 0.3) is 33.6 Å². The van der Waals surface area contributed by atoms with E-state index < -0.39 is 18.2 Å². The zero-order valence-electron chi connectivity index (χ0n) is 22.5. The van der Waals surface area contributed by atoms with Crippen molar-refractivity contribution in [3.63, 3.8) is 0 Å². The number of halogens is 1. The number of amides is 2. The lowest BCUT2D eigenvalue weighted by molar-refractivity contribution is -0.137. The van der Waals surface area contributed by atoms with Crippen LogP contribution in [-0.2, 0) is 14.3 Å². The maximum atomic E-state index is 15.2. The van der Waals surface area contributed by atoms with E-state index in [1.165, 1.54) is 20.3 Å². The molecule has 2 amide bonds. The van der Waals surface area contributed by atoms with Crippen LogP contribution < -0.4 is 5.32 Å². The van der Waals surface area contributed by atoms with E-state index in [0.717, 1.165) is 23.2 Å². The van der Waals surface area contributed by atoms with Crippen molar-refractivity contribution in [1.29, 1.82) is 0 Å². The number of likely N-dealkylation sites (tertiary alicyclic amines) is 1. The first-order valence-corrected chi connectivity index (χ1v) is 13.0. The van der Waals surface area contributed by atoms with E-state index in [1.54, 1.807) is 36.6 Å². The molecule has 2 aromatic heterocycles. The number of ether oxygens (including phenoxy) is 2. The van der Waals surface area contributed by atoms with Gasteiger partial charge in [0.05, 0.1) is 49.4 Å². The number of carbonyl (C=O) groups excluding carboxylic acids is 2. The molecule has 5 rings (SSSR count). The van der Waals surface area contributed by atoms with E-state index in [1.807, 2.05) is 30.3 Å². The summed E-state index contributed by atoms with van der Waals surface area (Å²) in [5.74, 6) is -0.0401. The van der Waals surface area contributed by atoms with Crippen LogP contribution in [0.5, 0.6) is 0 Å². The maximum Gasteiger partial charge on any atom is 0.407 e. The van der Waals surface area contributed by atoms with Crippen molar-refractivity contribution in [1.82, 2.24) is 30.2 Å². The van der Waals surface area contributed by atoms with Gasteiger partial charge in [-0.05, 0) is 37.0 Å². The van der Waals surface area contributed by atoms with Gasteiger partial charge in [0.1, 0.15) is 17.7 Å². The van der Waals surface area contributed by atoms with E-state index in [4.69, 9.17) is 4.74 Å². The minimum absolute atomic E-state index is 0.283. The first-order valence-electron chi connectivity index (χ1n) is 13.0. The third kappa shape index (κ3) is 5.46. The summed E-state index contributed by atoms with van der Waals surface area (Å²) < 4.78 is 25.3. The fraction of sp³-hybridized carbons (Fsp3) is 0.310. The Morgan fingerprint density at radius 3 is 2.50 bits per heavy atom. The Labute approximate surface area is 230 Å². The number of imidazole rings is 2. The van der Waals surface area contributed by atoms with Crippen molar-refractivity contribution in [3.8, 4) is 33.6 Å². The van der Waals surface area contributed by atoms with Gasteiger partial charge in [-0.2, -0.15) is 0 Å². The van der Waals surface area contributed by atoms with Gasteiger partial charge in [0.25, 0.3) is 0 Å². The summed E-state index contributed by atoms with van der Waals surface area (Å²) in [5, 5.41) is 2.58. The molecule has 3 atom stereocenters. The van der Waals surface area contributed by atoms with E-state index >= 15 is 4.39 Å². The van der Waals surface area contributed by atoms with Crippen molar-refractivity contribution in [2.45, 2.75) is 38.0 Å². The Bertz CT molecular complexity index is 1470. The minimum Gasteiger partial charge on any atom is -0.453 e. The summed E-state index contributed by atoms with van der Waals surface area (Å²) in [6.45, 7) is 2.22. The Kier molecular flexibility index (Phi) is 7.92. The number of aromatic nitrogens is 4. The molecule has 3 unspecified atom stereocenters. The van der Waals surface area contributed by atoms with Crippen LogP contribution in [0.15, 0.2) is 61.2 Å². The second-order valence-corrected chi connectivity index (χ2v) is 9.66. The highest BCUT2D eigenvalue weighted by atomic mass is 19.1. The molecule has 11 heteroatoms. The Hall–Kier alpha value is -4.51. The lowest BCUT2D eigenvalue weighted by atomic mass is 10.0. The minimum atomic E-state index is -0.914. The van der Waals surface area contributed by atoms with Gasteiger partial charge >= 0.3 is 6.09 Å². The number of methoxy groups -OCH3 is 2. The predicted molar refractivity (Wildman–Crippen MR) is 146 cm³/mol. The SMILES string of the molecule is COC(=O)NC(C(=O)N1CCCC1c1ncc(-c2ccc(-c3ccc(-c4cnc[nH]4)cc3)c(F)c2)[nH]1)C(C)OC. The van der Waals surface area contributed by atoms with Crippen LogP contribution in [0.3, 0.4) is 0 Å². The number of H-pyrrole nitrogens is 2. The monoisotopic (exact) mass is 546 g/mol. The molecule has 1 saturated heterocycles. The number of aromatic amines is 2. The Morgan fingerprint density at radius 2 is 1.82 bits per heavy atom. The highest BCUT2D eigenvalue weighted by molar-refractivity contribution is 5.87. The van der Waals surface area contributed by atoms with Gasteiger partial charge in [-0.3, -0.25) is 4.79 Å². The highest BCUT2D eigenvalue weighted by Gasteiger charge is 2.38. The molecule has 0 saturated carbocycles. The summed E-state index contributed by atoms with van der Waals surface area (Å²) in [4.78, 5) is 41.9. The number of rotatable bonds is 8. The number of hydrogen-bond donors (Lipinski definition) is 3. The molecule has 0 spiro atoms. The molecule has 2 aromatic carbocycles. The van der Waals surface area contributed by atoms with Gasteiger partial charge in [0.2, 0.25) is 5.91 Å². The number of benzene rings is 2. The number of alkyl carbamates (subject to hydrolysis) is 1. The van der Waals surface area contributed by atoms with Crippen LogP contribution in [-0.4, -0.2) is 69.7 Å². The standard InChI is InChI=1S/C29H31FN6O4/c1-17(39-2)26(35-29(38)40-3)28(37)36-12-4-5-25(36)27-32-15-24(34-27)20-10-11-21(22(30)13-20)18-6-8-19(9-7-18)23-14-31-16-33-23/h6-11,13-17,25-26H,4-5,12H2,1-3H3,(H,31,33)(H,32,34)(H,35,38). The number of nitrogens with zero attached hydrogens (tertiary/aromatic N) is 3. The predicted octanol–water partition coefficient (Wildman–Crippen LogP) is 4.70. The molecule has 1 fully saturated rings. The fourth-order valence-corrected chi connectivity index (χ4v) is 5.01. The quantitative estimate of drug-likeness (QED) is 0.294. The zero-order valence-corrected chi connectivity index (χ0v) is 22.5. The first kappa shape index (κ1) is 27.1. The molecule has 208 valence electrons. The van der Waals surface area contributed by atoms with Crippen LogP contribution in [0.1, 0.15) is 31.6 Å². The van der Waals surface area contributed by atoms with Gasteiger partial charge < -0.3 is 29.7 Å². The fourth-order valence-electron chi connectivity index (χ4n) is 5.01. The van der Waals surface area contributed by atoms with Gasteiger partial charge in [-0.25, -0.2) is 19.2 Å². The van der Waals surface area contributed by atoms with Crippen molar-refractivity contribution in [3.05, 3.63) is 72.8 Å². The summed E-state index contributed by atoms with van der Waals surface area (Å²) >= 11 is 0.